The van der Waals surface area contributed by atoms with Gasteiger partial charge in [0.15, 0.2) is 0 Å². The van der Waals surface area contributed by atoms with Crippen LogP contribution in [0.15, 0.2) is 29.2 Å². The molecule has 1 atom stereocenters. The predicted molar refractivity (Wildman–Crippen MR) is 60.6 cm³/mol. The molecule has 1 rings (SSSR count). The first-order valence-electron chi connectivity index (χ1n) is 3.71. The zero-order valence-electron chi connectivity index (χ0n) is 6.76. The lowest BCUT2D eigenvalue weighted by Crippen LogP contribution is -1.92. The van der Waals surface area contributed by atoms with Crippen molar-refractivity contribution in [1.29, 1.82) is 0 Å². The molecule has 0 radical (unpaired) electrons. The lowest BCUT2D eigenvalue weighted by atomic mass is 10.4. The van der Waals surface area contributed by atoms with Gasteiger partial charge in [-0.15, -0.1) is 11.8 Å². The van der Waals surface area contributed by atoms with E-state index in [0.717, 1.165) is 10.8 Å². The summed E-state index contributed by atoms with van der Waals surface area (Å²) >= 11 is 11.1. The van der Waals surface area contributed by atoms with Crippen molar-refractivity contribution in [3.63, 3.8) is 0 Å². The van der Waals surface area contributed by atoms with Crippen LogP contribution < -0.4 is 0 Å². The second-order valence-electron chi connectivity index (χ2n) is 2.55. The van der Waals surface area contributed by atoms with E-state index in [0.29, 0.717) is 4.83 Å². The molecule has 0 aliphatic carbocycles. The largest absolute Gasteiger partial charge is 0.125 e. The van der Waals surface area contributed by atoms with E-state index in [9.17, 15) is 0 Å². The average molecular weight is 266 g/mol. The normalized spacial score (nSPS) is 12.9. The summed E-state index contributed by atoms with van der Waals surface area (Å²) in [5.74, 6) is 1.08. The standard InChI is InChI=1S/C9H10BrClS/c1-7(10)6-12-9-4-2-8(11)3-5-9/h2-5,7H,6H2,1H3. The third kappa shape index (κ3) is 3.83. The van der Waals surface area contributed by atoms with Crippen LogP contribution >= 0.6 is 39.3 Å². The highest BCUT2D eigenvalue weighted by Gasteiger charge is 1.97. The molecule has 0 amide bonds. The number of alkyl halides is 1. The number of thioether (sulfide) groups is 1. The van der Waals surface area contributed by atoms with Gasteiger partial charge in [-0.05, 0) is 24.3 Å². The van der Waals surface area contributed by atoms with Crippen LogP contribution in [0.5, 0.6) is 0 Å². The fourth-order valence-electron chi connectivity index (χ4n) is 0.742. The third-order valence-electron chi connectivity index (χ3n) is 1.29. The van der Waals surface area contributed by atoms with Crippen LogP contribution in [0.3, 0.4) is 0 Å². The highest BCUT2D eigenvalue weighted by Crippen LogP contribution is 2.22. The molecule has 0 aliphatic heterocycles. The smallest absolute Gasteiger partial charge is 0.0406 e. The molecular weight excluding hydrogens is 256 g/mol. The van der Waals surface area contributed by atoms with Crippen LogP contribution in [-0.2, 0) is 0 Å². The van der Waals surface area contributed by atoms with Crippen molar-refractivity contribution in [3.8, 4) is 0 Å². The fourth-order valence-corrected chi connectivity index (χ4v) is 2.02. The molecule has 1 unspecified atom stereocenters. The number of hydrogen-bond acceptors (Lipinski definition) is 1. The maximum absolute atomic E-state index is 5.76. The highest BCUT2D eigenvalue weighted by molar-refractivity contribution is 9.09. The lowest BCUT2D eigenvalue weighted by molar-refractivity contribution is 1.15. The van der Waals surface area contributed by atoms with Gasteiger partial charge >= 0.3 is 0 Å². The highest BCUT2D eigenvalue weighted by atomic mass is 79.9. The molecule has 0 aliphatic rings. The zero-order valence-corrected chi connectivity index (χ0v) is 9.92. The van der Waals surface area contributed by atoms with Gasteiger partial charge in [-0.3, -0.25) is 0 Å². The number of rotatable bonds is 3. The van der Waals surface area contributed by atoms with Crippen LogP contribution in [0, 0.1) is 0 Å². The van der Waals surface area contributed by atoms with E-state index in [1.54, 1.807) is 0 Å². The molecule has 0 spiro atoms. The Morgan fingerprint density at radius 1 is 1.42 bits per heavy atom. The zero-order chi connectivity index (χ0) is 8.97. The Kier molecular flexibility index (Phi) is 4.47. The summed E-state index contributed by atoms with van der Waals surface area (Å²) in [6.07, 6.45) is 0. The van der Waals surface area contributed by atoms with Gasteiger partial charge in [0, 0.05) is 20.5 Å². The second-order valence-corrected chi connectivity index (χ2v) is 5.64. The van der Waals surface area contributed by atoms with Crippen molar-refractivity contribution in [2.75, 3.05) is 5.75 Å². The van der Waals surface area contributed by atoms with Gasteiger partial charge in [0.2, 0.25) is 0 Å². The van der Waals surface area contributed by atoms with E-state index in [1.165, 1.54) is 4.90 Å². The van der Waals surface area contributed by atoms with Crippen LogP contribution in [0.2, 0.25) is 5.02 Å². The summed E-state index contributed by atoms with van der Waals surface area (Å²) in [5, 5.41) is 0.797. The minimum Gasteiger partial charge on any atom is -0.125 e. The van der Waals surface area contributed by atoms with Gasteiger partial charge in [0.05, 0.1) is 0 Å². The first kappa shape index (κ1) is 10.4. The molecule has 0 N–H and O–H groups in total. The summed E-state index contributed by atoms with van der Waals surface area (Å²) in [4.78, 5) is 1.82. The number of hydrogen-bond donors (Lipinski definition) is 0. The van der Waals surface area contributed by atoms with E-state index in [2.05, 4.69) is 22.9 Å². The molecule has 66 valence electrons. The van der Waals surface area contributed by atoms with Crippen molar-refractivity contribution < 1.29 is 0 Å². The maximum atomic E-state index is 5.76. The van der Waals surface area contributed by atoms with Crippen molar-refractivity contribution in [2.24, 2.45) is 0 Å². The molecule has 0 aromatic heterocycles. The molecule has 0 saturated carbocycles. The van der Waals surface area contributed by atoms with E-state index in [1.807, 2.05) is 36.0 Å². The summed E-state index contributed by atoms with van der Waals surface area (Å²) in [5.41, 5.74) is 0. The summed E-state index contributed by atoms with van der Waals surface area (Å²) < 4.78 is 0. The molecule has 0 saturated heterocycles. The Morgan fingerprint density at radius 3 is 2.50 bits per heavy atom. The first-order chi connectivity index (χ1) is 5.68. The van der Waals surface area contributed by atoms with E-state index < -0.39 is 0 Å². The maximum Gasteiger partial charge on any atom is 0.0406 e. The van der Waals surface area contributed by atoms with Crippen molar-refractivity contribution >= 4 is 39.3 Å². The molecule has 3 heteroatoms. The molecule has 0 fully saturated rings. The molecule has 0 bridgehead atoms. The minimum atomic E-state index is 0.554. The topological polar surface area (TPSA) is 0 Å². The van der Waals surface area contributed by atoms with Crippen LogP contribution in [0.4, 0.5) is 0 Å². The first-order valence-corrected chi connectivity index (χ1v) is 5.99. The monoisotopic (exact) mass is 264 g/mol. The van der Waals surface area contributed by atoms with Gasteiger partial charge < -0.3 is 0 Å². The lowest BCUT2D eigenvalue weighted by Gasteiger charge is -2.02. The Labute approximate surface area is 90.8 Å². The van der Waals surface area contributed by atoms with Gasteiger partial charge in [0.1, 0.15) is 0 Å². The Bertz CT molecular complexity index is 233. The molecule has 1 aromatic rings. The van der Waals surface area contributed by atoms with Gasteiger partial charge in [-0.25, -0.2) is 0 Å². The number of halogens is 2. The van der Waals surface area contributed by atoms with Crippen molar-refractivity contribution in [1.82, 2.24) is 0 Å². The summed E-state index contributed by atoms with van der Waals surface area (Å²) in [6, 6.07) is 7.93. The quantitative estimate of drug-likeness (QED) is 0.583. The Balaban J connectivity index is 2.48. The summed E-state index contributed by atoms with van der Waals surface area (Å²) in [6.45, 7) is 2.14. The fraction of sp³-hybridized carbons (Fsp3) is 0.333. The summed E-state index contributed by atoms with van der Waals surface area (Å²) in [7, 11) is 0. The second kappa shape index (κ2) is 5.15. The van der Waals surface area contributed by atoms with Gasteiger partial charge in [-0.2, -0.15) is 0 Å². The van der Waals surface area contributed by atoms with Crippen molar-refractivity contribution in [2.45, 2.75) is 16.6 Å². The average Bonchev–Trinajstić information content (AvgIpc) is 2.03. The van der Waals surface area contributed by atoms with Crippen LogP contribution in [0.1, 0.15) is 6.92 Å². The van der Waals surface area contributed by atoms with Crippen molar-refractivity contribution in [3.05, 3.63) is 29.3 Å². The Hall–Kier alpha value is 0.340. The van der Waals surface area contributed by atoms with Gasteiger partial charge in [0.25, 0.3) is 0 Å². The molecule has 12 heavy (non-hydrogen) atoms. The SMILES string of the molecule is CC(Br)CSc1ccc(Cl)cc1. The molecule has 0 heterocycles. The molecule has 0 nitrogen and oxygen atoms in total. The van der Waals surface area contributed by atoms with Crippen LogP contribution in [-0.4, -0.2) is 10.6 Å². The van der Waals surface area contributed by atoms with Crippen LogP contribution in [0.25, 0.3) is 0 Å². The number of benzene rings is 1. The predicted octanol–water partition coefficient (Wildman–Crippen LogP) is 4.22. The van der Waals surface area contributed by atoms with E-state index in [-0.39, 0.29) is 0 Å². The molecule has 1 aromatic carbocycles. The van der Waals surface area contributed by atoms with E-state index in [4.69, 9.17) is 11.6 Å². The molecular formula is C9H10BrClS. The third-order valence-corrected chi connectivity index (χ3v) is 3.57. The van der Waals surface area contributed by atoms with Gasteiger partial charge in [-0.1, -0.05) is 34.5 Å². The minimum absolute atomic E-state index is 0.554. The Morgan fingerprint density at radius 2 is 2.00 bits per heavy atom. The van der Waals surface area contributed by atoms with E-state index >= 15 is 0 Å².